The van der Waals surface area contributed by atoms with E-state index in [1.54, 1.807) is 6.07 Å². The average Bonchev–Trinajstić information content (AvgIpc) is 2.50. The molecule has 2 aromatic carbocycles. The van der Waals surface area contributed by atoms with Gasteiger partial charge in [-0.2, -0.15) is 0 Å². The van der Waals surface area contributed by atoms with Crippen LogP contribution in [-0.4, -0.2) is 17.8 Å². The molecule has 2 unspecified atom stereocenters. The van der Waals surface area contributed by atoms with Crippen molar-refractivity contribution in [1.29, 1.82) is 0 Å². The van der Waals surface area contributed by atoms with Gasteiger partial charge in [-0.05, 0) is 41.8 Å². The minimum atomic E-state index is -0.661. The zero-order valence-corrected chi connectivity index (χ0v) is 12.2. The molecule has 3 rings (SSSR count). The molecule has 0 saturated heterocycles. The highest BCUT2D eigenvalue weighted by Crippen LogP contribution is 2.29. The maximum absolute atomic E-state index is 13.7. The third kappa shape index (κ3) is 3.20. The molecule has 0 fully saturated rings. The fraction of sp³-hybridized carbons (Fsp3) is 0.294. The van der Waals surface area contributed by atoms with Gasteiger partial charge in [0.2, 0.25) is 0 Å². The van der Waals surface area contributed by atoms with E-state index in [9.17, 15) is 9.50 Å². The van der Waals surface area contributed by atoms with Gasteiger partial charge >= 0.3 is 0 Å². The Balaban J connectivity index is 1.72. The normalized spacial score (nSPS) is 18.7. The molecule has 21 heavy (non-hydrogen) atoms. The Labute approximate surface area is 128 Å². The van der Waals surface area contributed by atoms with Crippen molar-refractivity contribution in [2.24, 2.45) is 5.92 Å². The minimum Gasteiger partial charge on any atom is -0.493 e. The van der Waals surface area contributed by atoms with E-state index < -0.39 is 6.10 Å². The average molecular weight is 307 g/mol. The van der Waals surface area contributed by atoms with Crippen LogP contribution in [-0.2, 0) is 12.8 Å². The zero-order valence-electron chi connectivity index (χ0n) is 11.4. The van der Waals surface area contributed by atoms with Gasteiger partial charge < -0.3 is 9.84 Å². The van der Waals surface area contributed by atoms with Crippen LogP contribution >= 0.6 is 11.6 Å². The first-order chi connectivity index (χ1) is 10.1. The Bertz CT molecular complexity index is 644. The molecule has 0 aromatic heterocycles. The Kier molecular flexibility index (Phi) is 4.13. The summed E-state index contributed by atoms with van der Waals surface area (Å²) in [5.41, 5.74) is 1.52. The molecule has 2 nitrogen and oxygen atoms in total. The van der Waals surface area contributed by atoms with E-state index in [0.29, 0.717) is 17.2 Å². The van der Waals surface area contributed by atoms with Crippen molar-refractivity contribution >= 4 is 11.6 Å². The van der Waals surface area contributed by atoms with Crippen molar-refractivity contribution in [3.05, 3.63) is 64.4 Å². The molecule has 0 amide bonds. The van der Waals surface area contributed by atoms with Gasteiger partial charge in [0.05, 0.1) is 12.7 Å². The molecule has 0 bridgehead atoms. The van der Waals surface area contributed by atoms with E-state index in [1.807, 2.05) is 24.3 Å². The Hall–Kier alpha value is -1.58. The summed E-state index contributed by atoms with van der Waals surface area (Å²) in [6.07, 6.45) is 0.314. The number of hydrogen-bond donors (Lipinski definition) is 1. The van der Waals surface area contributed by atoms with Gasteiger partial charge in [0.15, 0.2) is 0 Å². The Morgan fingerprint density at radius 2 is 2.10 bits per heavy atom. The summed E-state index contributed by atoms with van der Waals surface area (Å²) in [6, 6.07) is 12.2. The van der Waals surface area contributed by atoms with Crippen LogP contribution < -0.4 is 4.74 Å². The monoisotopic (exact) mass is 306 g/mol. The summed E-state index contributed by atoms with van der Waals surface area (Å²) in [6.45, 7) is 0.445. The highest BCUT2D eigenvalue weighted by atomic mass is 35.5. The summed E-state index contributed by atoms with van der Waals surface area (Å²) < 4.78 is 19.4. The number of ether oxygens (including phenoxy) is 1. The number of halogens is 2. The van der Waals surface area contributed by atoms with Crippen LogP contribution in [0.2, 0.25) is 5.02 Å². The number of hydrogen-bond acceptors (Lipinski definition) is 2. The molecule has 4 heteroatoms. The fourth-order valence-electron chi connectivity index (χ4n) is 2.69. The van der Waals surface area contributed by atoms with Crippen LogP contribution in [0.1, 0.15) is 11.1 Å². The van der Waals surface area contributed by atoms with E-state index in [2.05, 4.69) is 0 Å². The second-order valence-electron chi connectivity index (χ2n) is 5.39. The topological polar surface area (TPSA) is 29.5 Å². The predicted molar refractivity (Wildman–Crippen MR) is 80.3 cm³/mol. The molecule has 1 heterocycles. The lowest BCUT2D eigenvalue weighted by atomic mass is 9.89. The lowest BCUT2D eigenvalue weighted by Gasteiger charge is -2.29. The van der Waals surface area contributed by atoms with E-state index in [4.69, 9.17) is 16.3 Å². The van der Waals surface area contributed by atoms with Crippen molar-refractivity contribution < 1.29 is 14.2 Å². The van der Waals surface area contributed by atoms with Crippen LogP contribution in [0, 0.1) is 11.7 Å². The molecular weight excluding hydrogens is 291 g/mol. The first kappa shape index (κ1) is 14.4. The minimum absolute atomic E-state index is 0.0433. The van der Waals surface area contributed by atoms with Crippen LogP contribution in [0.3, 0.4) is 0 Å². The van der Waals surface area contributed by atoms with Crippen LogP contribution in [0.15, 0.2) is 42.5 Å². The number of benzene rings is 2. The molecule has 2 aromatic rings. The van der Waals surface area contributed by atoms with E-state index in [0.717, 1.165) is 17.7 Å². The molecule has 0 aliphatic carbocycles. The number of aliphatic hydroxyl groups is 1. The summed E-state index contributed by atoms with van der Waals surface area (Å²) in [5.74, 6) is 0.490. The van der Waals surface area contributed by atoms with Gasteiger partial charge in [-0.25, -0.2) is 4.39 Å². The molecular formula is C17H16ClFO2. The smallest absolute Gasteiger partial charge is 0.126 e. The molecule has 2 atom stereocenters. The Morgan fingerprint density at radius 1 is 1.29 bits per heavy atom. The van der Waals surface area contributed by atoms with E-state index >= 15 is 0 Å². The molecule has 0 spiro atoms. The lowest BCUT2D eigenvalue weighted by molar-refractivity contribution is 0.0646. The molecule has 0 saturated carbocycles. The molecule has 110 valence electrons. The van der Waals surface area contributed by atoms with Crippen molar-refractivity contribution in [3.63, 3.8) is 0 Å². The fourth-order valence-corrected chi connectivity index (χ4v) is 2.89. The predicted octanol–water partition coefficient (Wildman–Crippen LogP) is 3.63. The van der Waals surface area contributed by atoms with Gasteiger partial charge in [0.1, 0.15) is 11.6 Å². The number of para-hydroxylation sites is 1. The summed E-state index contributed by atoms with van der Waals surface area (Å²) in [4.78, 5) is 0. The number of aliphatic hydroxyl groups excluding tert-OH is 1. The first-order valence-corrected chi connectivity index (χ1v) is 7.34. The quantitative estimate of drug-likeness (QED) is 0.938. The summed E-state index contributed by atoms with van der Waals surface area (Å²) >= 11 is 5.88. The molecule has 0 radical (unpaired) electrons. The van der Waals surface area contributed by atoms with Gasteiger partial charge in [0, 0.05) is 17.4 Å². The Morgan fingerprint density at radius 3 is 2.95 bits per heavy atom. The lowest BCUT2D eigenvalue weighted by Crippen LogP contribution is -2.33. The number of fused-ring (bicyclic) bond motifs is 1. The zero-order chi connectivity index (χ0) is 14.8. The van der Waals surface area contributed by atoms with Crippen molar-refractivity contribution in [1.82, 2.24) is 0 Å². The number of rotatable bonds is 3. The maximum atomic E-state index is 13.7. The first-order valence-electron chi connectivity index (χ1n) is 6.96. The van der Waals surface area contributed by atoms with Gasteiger partial charge in [0.25, 0.3) is 0 Å². The van der Waals surface area contributed by atoms with Gasteiger partial charge in [-0.3, -0.25) is 0 Å². The summed E-state index contributed by atoms with van der Waals surface area (Å²) in [7, 11) is 0. The SMILES string of the molecule is OC(Cc1cc(Cl)ccc1F)C1COc2ccccc2C1. The highest BCUT2D eigenvalue weighted by Gasteiger charge is 2.26. The van der Waals surface area contributed by atoms with Gasteiger partial charge in [-0.1, -0.05) is 29.8 Å². The molecule has 1 N–H and O–H groups in total. The van der Waals surface area contributed by atoms with Crippen molar-refractivity contribution in [2.45, 2.75) is 18.9 Å². The maximum Gasteiger partial charge on any atom is 0.126 e. The second-order valence-corrected chi connectivity index (χ2v) is 5.83. The standard InChI is InChI=1S/C17H16ClFO2/c18-14-5-6-15(19)12(8-14)9-16(20)13-7-11-3-1-2-4-17(11)21-10-13/h1-6,8,13,16,20H,7,9-10H2. The summed E-state index contributed by atoms with van der Waals surface area (Å²) in [5, 5.41) is 10.9. The third-order valence-electron chi connectivity index (χ3n) is 3.89. The van der Waals surface area contributed by atoms with Crippen molar-refractivity contribution in [3.8, 4) is 5.75 Å². The van der Waals surface area contributed by atoms with E-state index in [1.165, 1.54) is 12.1 Å². The van der Waals surface area contributed by atoms with E-state index in [-0.39, 0.29) is 18.2 Å². The molecule has 1 aliphatic rings. The van der Waals surface area contributed by atoms with Crippen LogP contribution in [0.25, 0.3) is 0 Å². The highest BCUT2D eigenvalue weighted by molar-refractivity contribution is 6.30. The second kappa shape index (κ2) is 6.04. The molecule has 1 aliphatic heterocycles. The van der Waals surface area contributed by atoms with Crippen molar-refractivity contribution in [2.75, 3.05) is 6.61 Å². The van der Waals surface area contributed by atoms with Crippen LogP contribution in [0.5, 0.6) is 5.75 Å². The third-order valence-corrected chi connectivity index (χ3v) is 4.12. The van der Waals surface area contributed by atoms with Gasteiger partial charge in [-0.15, -0.1) is 0 Å². The largest absolute Gasteiger partial charge is 0.493 e. The van der Waals surface area contributed by atoms with Crippen LogP contribution in [0.4, 0.5) is 4.39 Å².